The van der Waals surface area contributed by atoms with E-state index in [-0.39, 0.29) is 11.8 Å². The van der Waals surface area contributed by atoms with Crippen LogP contribution >= 0.6 is 11.8 Å². The minimum absolute atomic E-state index is 0.0719. The Morgan fingerprint density at radius 3 is 2.23 bits per heavy atom. The first-order valence-electron chi connectivity index (χ1n) is 4.78. The third-order valence-corrected chi connectivity index (χ3v) is 2.45. The van der Waals surface area contributed by atoms with E-state index in [1.165, 1.54) is 11.8 Å². The van der Waals surface area contributed by atoms with Gasteiger partial charge in [-0.1, -0.05) is 25.6 Å². The third-order valence-electron chi connectivity index (χ3n) is 1.56. The fraction of sp³-hybridized carbons (Fsp3) is 0.889. The lowest BCUT2D eigenvalue weighted by atomic mass is 10.4. The number of rotatable bonds is 6. The summed E-state index contributed by atoms with van der Waals surface area (Å²) in [7, 11) is 0. The van der Waals surface area contributed by atoms with E-state index in [9.17, 15) is 4.79 Å². The van der Waals surface area contributed by atoms with Gasteiger partial charge in [0.1, 0.15) is 0 Å². The fourth-order valence-corrected chi connectivity index (χ4v) is 1.69. The van der Waals surface area contributed by atoms with E-state index in [2.05, 4.69) is 13.8 Å². The van der Waals surface area contributed by atoms with E-state index >= 15 is 0 Å². The number of amides is 1. The second kappa shape index (κ2) is 8.38. The number of aliphatic hydroxyl groups excluding tert-OH is 1. The lowest BCUT2D eigenvalue weighted by molar-refractivity contribution is 0.223. The number of thioether (sulfide) groups is 1. The molecule has 0 saturated heterocycles. The lowest BCUT2D eigenvalue weighted by Crippen LogP contribution is -2.29. The summed E-state index contributed by atoms with van der Waals surface area (Å²) in [4.78, 5) is 13.3. The zero-order valence-corrected chi connectivity index (χ0v) is 9.27. The molecule has 4 heteroatoms. The van der Waals surface area contributed by atoms with Gasteiger partial charge in [-0.2, -0.15) is 0 Å². The van der Waals surface area contributed by atoms with E-state index in [4.69, 9.17) is 5.11 Å². The highest BCUT2D eigenvalue weighted by Gasteiger charge is 2.10. The SMILES string of the molecule is CCCN(CCC)C(=O)SCCO. The van der Waals surface area contributed by atoms with Crippen molar-refractivity contribution in [3.8, 4) is 0 Å². The van der Waals surface area contributed by atoms with Crippen LogP contribution in [0.15, 0.2) is 0 Å². The highest BCUT2D eigenvalue weighted by Crippen LogP contribution is 2.09. The first kappa shape index (κ1) is 12.8. The van der Waals surface area contributed by atoms with Crippen molar-refractivity contribution in [3.05, 3.63) is 0 Å². The van der Waals surface area contributed by atoms with Gasteiger partial charge in [0.2, 0.25) is 0 Å². The molecule has 0 aromatic rings. The van der Waals surface area contributed by atoms with E-state index < -0.39 is 0 Å². The monoisotopic (exact) mass is 205 g/mol. The predicted molar refractivity (Wildman–Crippen MR) is 57.1 cm³/mol. The minimum atomic E-state index is 0.0719. The van der Waals surface area contributed by atoms with Crippen LogP contribution in [-0.2, 0) is 0 Å². The van der Waals surface area contributed by atoms with Crippen LogP contribution in [0.3, 0.4) is 0 Å². The molecule has 0 aliphatic rings. The van der Waals surface area contributed by atoms with Gasteiger partial charge < -0.3 is 10.0 Å². The molecule has 0 radical (unpaired) electrons. The molecule has 0 saturated carbocycles. The predicted octanol–water partition coefficient (Wildman–Crippen LogP) is 1.95. The smallest absolute Gasteiger partial charge is 0.281 e. The molecule has 1 amide bonds. The maximum absolute atomic E-state index is 11.5. The molecular formula is C9H19NO2S. The Bertz CT molecular complexity index is 136. The van der Waals surface area contributed by atoms with Gasteiger partial charge in [0.25, 0.3) is 5.24 Å². The molecule has 0 aromatic carbocycles. The van der Waals surface area contributed by atoms with Gasteiger partial charge in [-0.3, -0.25) is 4.79 Å². The van der Waals surface area contributed by atoms with Gasteiger partial charge >= 0.3 is 0 Å². The largest absolute Gasteiger partial charge is 0.396 e. The average molecular weight is 205 g/mol. The molecule has 78 valence electrons. The van der Waals surface area contributed by atoms with Crippen molar-refractivity contribution in [2.24, 2.45) is 0 Å². The molecule has 0 heterocycles. The lowest BCUT2D eigenvalue weighted by Gasteiger charge is -2.20. The molecular weight excluding hydrogens is 186 g/mol. The maximum Gasteiger partial charge on any atom is 0.281 e. The van der Waals surface area contributed by atoms with E-state index in [0.29, 0.717) is 5.75 Å². The van der Waals surface area contributed by atoms with Gasteiger partial charge in [0.15, 0.2) is 0 Å². The van der Waals surface area contributed by atoms with E-state index in [1.807, 2.05) is 4.90 Å². The summed E-state index contributed by atoms with van der Waals surface area (Å²) in [6.45, 7) is 5.85. The van der Waals surface area contributed by atoms with E-state index in [1.54, 1.807) is 0 Å². The number of nitrogens with zero attached hydrogens (tertiary/aromatic N) is 1. The molecule has 0 spiro atoms. The molecule has 0 unspecified atom stereocenters. The molecule has 0 bridgehead atoms. The van der Waals surface area contributed by atoms with Gasteiger partial charge in [-0.05, 0) is 12.8 Å². The van der Waals surface area contributed by atoms with Crippen LogP contribution < -0.4 is 0 Å². The number of hydrogen-bond donors (Lipinski definition) is 1. The topological polar surface area (TPSA) is 40.5 Å². The van der Waals surface area contributed by atoms with E-state index in [0.717, 1.165) is 25.9 Å². The first-order valence-corrected chi connectivity index (χ1v) is 5.77. The number of carbonyl (C=O) groups excluding carboxylic acids is 1. The summed E-state index contributed by atoms with van der Waals surface area (Å²) in [5.74, 6) is 0.503. The third kappa shape index (κ3) is 5.93. The van der Waals surface area contributed by atoms with Gasteiger partial charge in [-0.15, -0.1) is 0 Å². The molecule has 0 fully saturated rings. The minimum Gasteiger partial charge on any atom is -0.396 e. The van der Waals surface area contributed by atoms with Crippen molar-refractivity contribution >= 4 is 17.0 Å². The summed E-state index contributed by atoms with van der Waals surface area (Å²) in [6, 6.07) is 0. The zero-order valence-electron chi connectivity index (χ0n) is 8.45. The van der Waals surface area contributed by atoms with Gasteiger partial charge in [0.05, 0.1) is 6.61 Å². The van der Waals surface area contributed by atoms with Crippen molar-refractivity contribution in [1.82, 2.24) is 4.90 Å². The van der Waals surface area contributed by atoms with Crippen LogP contribution in [0.5, 0.6) is 0 Å². The summed E-state index contributed by atoms with van der Waals surface area (Å²) < 4.78 is 0. The Kier molecular flexibility index (Phi) is 8.24. The van der Waals surface area contributed by atoms with Crippen molar-refractivity contribution in [2.45, 2.75) is 26.7 Å². The van der Waals surface area contributed by atoms with Crippen LogP contribution in [0.4, 0.5) is 4.79 Å². The van der Waals surface area contributed by atoms with Crippen LogP contribution in [0, 0.1) is 0 Å². The fourth-order valence-electron chi connectivity index (χ4n) is 1.06. The standard InChI is InChI=1S/C9H19NO2S/c1-3-5-10(6-4-2)9(12)13-8-7-11/h11H,3-8H2,1-2H3. The zero-order chi connectivity index (χ0) is 10.1. The van der Waals surface area contributed by atoms with Gasteiger partial charge in [0, 0.05) is 18.8 Å². The number of hydrogen-bond acceptors (Lipinski definition) is 3. The molecule has 3 nitrogen and oxygen atoms in total. The maximum atomic E-state index is 11.5. The average Bonchev–Trinajstić information content (AvgIpc) is 2.14. The highest BCUT2D eigenvalue weighted by molar-refractivity contribution is 8.13. The highest BCUT2D eigenvalue weighted by atomic mass is 32.2. The van der Waals surface area contributed by atoms with Crippen LogP contribution in [-0.4, -0.2) is 40.7 Å². The van der Waals surface area contributed by atoms with Crippen LogP contribution in [0.2, 0.25) is 0 Å². The Morgan fingerprint density at radius 2 is 1.85 bits per heavy atom. The Morgan fingerprint density at radius 1 is 1.31 bits per heavy atom. The second-order valence-corrected chi connectivity index (χ2v) is 3.87. The van der Waals surface area contributed by atoms with Crippen molar-refractivity contribution in [3.63, 3.8) is 0 Å². The first-order chi connectivity index (χ1) is 6.26. The number of aliphatic hydroxyl groups is 1. The molecule has 0 rings (SSSR count). The number of carbonyl (C=O) groups is 1. The van der Waals surface area contributed by atoms with Crippen molar-refractivity contribution in [1.29, 1.82) is 0 Å². The molecule has 0 aromatic heterocycles. The van der Waals surface area contributed by atoms with Crippen LogP contribution in [0.1, 0.15) is 26.7 Å². The normalized spacial score (nSPS) is 10.1. The molecule has 13 heavy (non-hydrogen) atoms. The Labute approximate surface area is 84.5 Å². The Hall–Kier alpha value is -0.220. The summed E-state index contributed by atoms with van der Waals surface area (Å²) in [5.41, 5.74) is 0. The molecule has 0 aliphatic carbocycles. The summed E-state index contributed by atoms with van der Waals surface area (Å²) in [5, 5.41) is 8.66. The van der Waals surface area contributed by atoms with Gasteiger partial charge in [-0.25, -0.2) is 0 Å². The van der Waals surface area contributed by atoms with Crippen molar-refractivity contribution in [2.75, 3.05) is 25.4 Å². The Balaban J connectivity index is 3.80. The van der Waals surface area contributed by atoms with Crippen molar-refractivity contribution < 1.29 is 9.90 Å². The molecule has 0 atom stereocenters. The molecule has 1 N–H and O–H groups in total. The van der Waals surface area contributed by atoms with Crippen LogP contribution in [0.25, 0.3) is 0 Å². The second-order valence-electron chi connectivity index (χ2n) is 2.83. The molecule has 0 aliphatic heterocycles. The quantitative estimate of drug-likeness (QED) is 0.720. The summed E-state index contributed by atoms with van der Waals surface area (Å²) >= 11 is 1.20. The summed E-state index contributed by atoms with van der Waals surface area (Å²) in [6.07, 6.45) is 1.98.